The van der Waals surface area contributed by atoms with E-state index in [4.69, 9.17) is 4.42 Å². The van der Waals surface area contributed by atoms with Crippen LogP contribution in [0.25, 0.3) is 45.6 Å². The smallest absolute Gasteiger partial charge is 0.266 e. The van der Waals surface area contributed by atoms with Gasteiger partial charge in [-0.2, -0.15) is 42.1 Å². The van der Waals surface area contributed by atoms with Crippen molar-refractivity contribution in [2.24, 2.45) is 20.0 Å². The van der Waals surface area contributed by atoms with E-state index in [1.807, 2.05) is 12.1 Å². The van der Waals surface area contributed by atoms with E-state index < -0.39 is 0 Å². The Morgan fingerprint density at radius 1 is 0.510 bits per heavy atom. The number of allylic oxidation sites excluding steroid dienone is 2. The lowest BCUT2D eigenvalue weighted by Gasteiger charge is -2.08. The number of aromatic nitrogens is 4. The summed E-state index contributed by atoms with van der Waals surface area (Å²) in [5.41, 5.74) is -0.101. The first-order chi connectivity index (χ1) is 24.9. The van der Waals surface area contributed by atoms with Crippen LogP contribution in [0, 0.1) is 90.6 Å². The molecule has 3 aromatic carbocycles. The van der Waals surface area contributed by atoms with Crippen molar-refractivity contribution in [3.05, 3.63) is 103 Å². The van der Waals surface area contributed by atoms with E-state index in [-0.39, 0.29) is 112 Å². The van der Waals surface area contributed by atoms with Crippen molar-refractivity contribution in [2.75, 3.05) is 0 Å². The summed E-state index contributed by atoms with van der Waals surface area (Å²) in [5, 5.41) is 77.4. The maximum atomic E-state index is 10.3. The van der Waals surface area contributed by atoms with Gasteiger partial charge in [0.05, 0.1) is 33.0 Å². The zero-order valence-electron chi connectivity index (χ0n) is 25.0. The molecule has 0 N–H and O–H groups in total. The van der Waals surface area contributed by atoms with Crippen LogP contribution in [0.15, 0.2) is 83.6 Å². The fourth-order valence-electron chi connectivity index (χ4n) is 5.10. The van der Waals surface area contributed by atoms with E-state index in [2.05, 4.69) is 52.0 Å². The molecule has 51 heavy (non-hydrogen) atoms. The molecular weight excluding hydrogens is 648 g/mol. The van der Waals surface area contributed by atoms with Crippen LogP contribution in [0.2, 0.25) is 0 Å². The molecule has 2 aliphatic heterocycles. The predicted octanol–water partition coefficient (Wildman–Crippen LogP) is 1.52. The molecule has 17 nitrogen and oxygen atoms in total. The molecule has 0 saturated carbocycles. The number of fused-ring (bicyclic) bond motifs is 3. The van der Waals surface area contributed by atoms with Crippen LogP contribution in [-0.2, 0) is 0 Å². The minimum atomic E-state index is -0.358. The van der Waals surface area contributed by atoms with Crippen molar-refractivity contribution in [2.45, 2.75) is 0 Å². The number of rotatable bonds is 3. The van der Waals surface area contributed by atoms with E-state index in [9.17, 15) is 42.1 Å². The van der Waals surface area contributed by atoms with Gasteiger partial charge >= 0.3 is 0 Å². The van der Waals surface area contributed by atoms with Crippen molar-refractivity contribution >= 4 is 11.1 Å². The second kappa shape index (κ2) is 11.8. The average molecular weight is 655 g/mol. The number of hydrogen-bond donors (Lipinski definition) is 0. The van der Waals surface area contributed by atoms with Gasteiger partial charge in [0.25, 0.3) is 5.89 Å². The van der Waals surface area contributed by atoms with Crippen molar-refractivity contribution in [1.82, 2.24) is 19.9 Å². The van der Waals surface area contributed by atoms with Gasteiger partial charge in [-0.3, -0.25) is 0 Å². The summed E-state index contributed by atoms with van der Waals surface area (Å²) in [6, 6.07) is 23.5. The van der Waals surface area contributed by atoms with Gasteiger partial charge in [0.2, 0.25) is 5.82 Å². The predicted molar refractivity (Wildman–Crippen MR) is 164 cm³/mol. The molecule has 0 radical (unpaired) electrons. The van der Waals surface area contributed by atoms with E-state index in [1.165, 1.54) is 36.4 Å². The average Bonchev–Trinajstić information content (AvgIpc) is 3.91. The zero-order chi connectivity index (χ0) is 35.8. The first-order valence-electron chi connectivity index (χ1n) is 14.0. The lowest BCUT2D eigenvalue weighted by molar-refractivity contribution is 0.612. The van der Waals surface area contributed by atoms with Crippen LogP contribution >= 0.6 is 0 Å². The summed E-state index contributed by atoms with van der Waals surface area (Å²) in [7, 11) is 0. The van der Waals surface area contributed by atoms with E-state index in [0.717, 1.165) is 0 Å². The fourth-order valence-corrected chi connectivity index (χ4v) is 5.10. The van der Waals surface area contributed by atoms with E-state index in [0.29, 0.717) is 0 Å². The maximum absolute atomic E-state index is 10.3. The first-order valence-corrected chi connectivity index (χ1v) is 14.0. The fraction of sp³-hybridized carbons (Fsp3) is 0. The highest BCUT2D eigenvalue weighted by atomic mass is 16.3. The van der Waals surface area contributed by atoms with Crippen molar-refractivity contribution in [3.8, 4) is 83.0 Å². The lowest BCUT2D eigenvalue weighted by atomic mass is 10.0. The van der Waals surface area contributed by atoms with Crippen molar-refractivity contribution < 1.29 is 4.42 Å². The van der Waals surface area contributed by atoms with Crippen LogP contribution in [0.5, 0.6) is 0 Å². The van der Waals surface area contributed by atoms with Crippen molar-refractivity contribution in [1.29, 1.82) is 42.1 Å². The van der Waals surface area contributed by atoms with E-state index >= 15 is 0 Å². The quantitative estimate of drug-likeness (QED) is 0.249. The summed E-state index contributed by atoms with van der Waals surface area (Å²) >= 11 is 0. The van der Waals surface area contributed by atoms with E-state index in [1.54, 1.807) is 24.3 Å². The second-order valence-electron chi connectivity index (χ2n) is 10.1. The molecule has 5 aromatic rings. The molecule has 17 heteroatoms. The van der Waals surface area contributed by atoms with Gasteiger partial charge in [-0.1, -0.05) is 0 Å². The van der Waals surface area contributed by atoms with Crippen LogP contribution in [0.3, 0.4) is 0 Å². The Hall–Kier alpha value is -9.26. The van der Waals surface area contributed by atoms with Crippen LogP contribution < -0.4 is 21.4 Å². The molecule has 0 unspecified atom stereocenters. The Morgan fingerprint density at radius 3 is 1.43 bits per heavy atom. The number of nitrogens with zero attached hydrogens (tertiary/aromatic N) is 16. The molecule has 0 amide bonds. The Kier molecular flexibility index (Phi) is 7.05. The summed E-state index contributed by atoms with van der Waals surface area (Å²) in [6.07, 6.45) is 0. The number of benzene rings is 3. The number of oxazole rings is 1. The first kappa shape index (κ1) is 30.4. The van der Waals surface area contributed by atoms with Crippen LogP contribution in [0.1, 0.15) is 22.3 Å². The molecule has 0 aliphatic carbocycles. The second-order valence-corrected chi connectivity index (χ2v) is 10.1. The molecule has 7 rings (SSSR count). The maximum Gasteiger partial charge on any atom is 0.266 e. The van der Waals surface area contributed by atoms with Crippen LogP contribution in [0.4, 0.5) is 0 Å². The highest BCUT2D eigenvalue weighted by Crippen LogP contribution is 2.29. The summed E-state index contributed by atoms with van der Waals surface area (Å²) in [4.78, 5) is 35.0. The third kappa shape index (κ3) is 4.81. The topological polar surface area (TPSA) is 304 Å². The van der Waals surface area contributed by atoms with Gasteiger partial charge in [0, 0.05) is 17.2 Å². The van der Waals surface area contributed by atoms with Gasteiger partial charge in [0.1, 0.15) is 64.8 Å². The monoisotopic (exact) mass is 654 g/mol. The van der Waals surface area contributed by atoms with Gasteiger partial charge < -0.3 is 4.42 Å². The third-order valence-electron chi connectivity index (χ3n) is 7.40. The molecule has 4 heterocycles. The Bertz CT molecular complexity index is 2940. The van der Waals surface area contributed by atoms with Crippen molar-refractivity contribution in [3.63, 3.8) is 0 Å². The van der Waals surface area contributed by atoms with Gasteiger partial charge in [-0.25, -0.2) is 39.9 Å². The number of nitriles is 8. The number of hydrogen-bond acceptors (Lipinski definition) is 17. The lowest BCUT2D eigenvalue weighted by Crippen LogP contribution is -2.26. The van der Waals surface area contributed by atoms with Gasteiger partial charge in [0.15, 0.2) is 40.0 Å². The zero-order valence-corrected chi connectivity index (χ0v) is 25.0. The summed E-state index contributed by atoms with van der Waals surface area (Å²) in [5.74, 6) is -0.893. The molecule has 2 aromatic heterocycles. The summed E-state index contributed by atoms with van der Waals surface area (Å²) in [6.45, 7) is 0. The molecule has 0 fully saturated rings. The molecule has 228 valence electrons. The molecule has 0 bridgehead atoms. The Labute approximate surface area is 283 Å². The normalized spacial score (nSPS) is 11.5. The highest BCUT2D eigenvalue weighted by molar-refractivity contribution is 5.80. The molecule has 0 saturated heterocycles. The molecule has 2 aliphatic rings. The largest absolute Gasteiger partial charge is 0.433 e. The molecule has 0 atom stereocenters. The minimum Gasteiger partial charge on any atom is -0.433 e. The minimum absolute atomic E-state index is 0.0513. The van der Waals surface area contributed by atoms with Gasteiger partial charge in [-0.05, 0) is 30.3 Å². The highest BCUT2D eigenvalue weighted by Gasteiger charge is 2.24. The SMILES string of the molecule is N#CC(C#N)=C1N=c2ccc(-c3nc(-c4nc5cc(C#N)c(C#N)cc5o4)nc(-c4ccc5c(c4C#N)=NC(=C(C#N)C#N)N=5)n3)c(C#N)c2=N1. The Balaban J connectivity index is 1.53. The van der Waals surface area contributed by atoms with Gasteiger partial charge in [-0.15, -0.1) is 0 Å². The third-order valence-corrected chi connectivity index (χ3v) is 7.40. The summed E-state index contributed by atoms with van der Waals surface area (Å²) < 4.78 is 5.91. The standard InChI is InChI=1S/C34H6N16O/c35-7-15-5-25-26(6-16(15)8-36)51-34(45-25)33-49-31(19-1-3-23-27(21(19)13-41)46-29(43-23)17(9-37)10-38)48-32(50-33)20-2-4-24-28(22(20)14-42)47-30(44-24)18(11-39)12-40/h1-6H. The molecular formula is C34H6N16O. The van der Waals surface area contributed by atoms with Crippen LogP contribution in [-0.4, -0.2) is 19.9 Å². The Morgan fingerprint density at radius 2 is 0.980 bits per heavy atom. The molecule has 0 spiro atoms.